The van der Waals surface area contributed by atoms with Crippen LogP contribution in [0.15, 0.2) is 47.1 Å². The monoisotopic (exact) mass is 273 g/mol. The summed E-state index contributed by atoms with van der Waals surface area (Å²) in [5.41, 5.74) is 1.22. The van der Waals surface area contributed by atoms with Crippen LogP contribution < -0.4 is 10.1 Å². The molecule has 1 aromatic heterocycles. The quantitative estimate of drug-likeness (QED) is 0.786. The minimum atomic E-state index is 0.217. The van der Waals surface area contributed by atoms with Crippen LogP contribution >= 0.6 is 0 Å². The van der Waals surface area contributed by atoms with E-state index >= 15 is 0 Å². The molecule has 0 aliphatic heterocycles. The van der Waals surface area contributed by atoms with Gasteiger partial charge in [0.1, 0.15) is 11.5 Å². The van der Waals surface area contributed by atoms with Gasteiger partial charge in [0.15, 0.2) is 0 Å². The lowest BCUT2D eigenvalue weighted by Gasteiger charge is -2.16. The van der Waals surface area contributed by atoms with Crippen molar-refractivity contribution in [3.8, 4) is 5.75 Å². The van der Waals surface area contributed by atoms with E-state index in [1.807, 2.05) is 24.3 Å². The van der Waals surface area contributed by atoms with Crippen LogP contribution in [0, 0.1) is 6.92 Å². The summed E-state index contributed by atoms with van der Waals surface area (Å²) >= 11 is 0. The molecule has 1 N–H and O–H groups in total. The molecule has 3 nitrogen and oxygen atoms in total. The standard InChI is InChI=1S/C17H23NO2/c1-3-10-18-16(17-8-5-11-20-17)9-12-19-15-7-4-6-14(2)13-15/h4-8,11,13,16,18H,3,9-10,12H2,1-2H3. The SMILES string of the molecule is CCCNC(CCOc1cccc(C)c1)c1ccco1. The Morgan fingerprint density at radius 1 is 1.25 bits per heavy atom. The van der Waals surface area contributed by atoms with E-state index in [1.54, 1.807) is 6.26 Å². The van der Waals surface area contributed by atoms with E-state index in [1.165, 1.54) is 5.56 Å². The van der Waals surface area contributed by atoms with Gasteiger partial charge in [-0.15, -0.1) is 0 Å². The van der Waals surface area contributed by atoms with Crippen LogP contribution in [0.1, 0.15) is 37.1 Å². The highest BCUT2D eigenvalue weighted by molar-refractivity contribution is 5.27. The number of benzene rings is 1. The maximum atomic E-state index is 5.81. The molecule has 108 valence electrons. The van der Waals surface area contributed by atoms with Crippen molar-refractivity contribution in [2.24, 2.45) is 0 Å². The highest BCUT2D eigenvalue weighted by Crippen LogP contribution is 2.19. The van der Waals surface area contributed by atoms with Gasteiger partial charge in [0.2, 0.25) is 0 Å². The Kier molecular flexibility index (Phi) is 5.69. The van der Waals surface area contributed by atoms with Gasteiger partial charge >= 0.3 is 0 Å². The molecule has 0 spiro atoms. The summed E-state index contributed by atoms with van der Waals surface area (Å²) in [5, 5.41) is 3.50. The van der Waals surface area contributed by atoms with Gasteiger partial charge < -0.3 is 14.5 Å². The third-order valence-electron chi connectivity index (χ3n) is 3.19. The largest absolute Gasteiger partial charge is 0.494 e. The molecule has 2 rings (SSSR count). The molecule has 0 aliphatic carbocycles. The summed E-state index contributed by atoms with van der Waals surface area (Å²) in [6.07, 6.45) is 3.72. The highest BCUT2D eigenvalue weighted by Gasteiger charge is 2.13. The lowest BCUT2D eigenvalue weighted by molar-refractivity contribution is 0.273. The van der Waals surface area contributed by atoms with Crippen LogP contribution in [0.3, 0.4) is 0 Å². The smallest absolute Gasteiger partial charge is 0.120 e. The Balaban J connectivity index is 1.85. The zero-order valence-electron chi connectivity index (χ0n) is 12.3. The molecule has 0 bridgehead atoms. The van der Waals surface area contributed by atoms with Crippen molar-refractivity contribution < 1.29 is 9.15 Å². The number of aryl methyl sites for hydroxylation is 1. The first-order valence-corrected chi connectivity index (χ1v) is 7.26. The van der Waals surface area contributed by atoms with E-state index in [0.29, 0.717) is 6.61 Å². The molecule has 1 aromatic carbocycles. The molecule has 0 saturated carbocycles. The maximum Gasteiger partial charge on any atom is 0.120 e. The van der Waals surface area contributed by atoms with E-state index in [4.69, 9.17) is 9.15 Å². The Morgan fingerprint density at radius 3 is 2.85 bits per heavy atom. The van der Waals surface area contributed by atoms with E-state index in [-0.39, 0.29) is 6.04 Å². The molecule has 20 heavy (non-hydrogen) atoms. The number of hydrogen-bond acceptors (Lipinski definition) is 3. The van der Waals surface area contributed by atoms with E-state index in [0.717, 1.165) is 30.9 Å². The normalized spacial score (nSPS) is 12.3. The third kappa shape index (κ3) is 4.42. The van der Waals surface area contributed by atoms with Gasteiger partial charge in [-0.3, -0.25) is 0 Å². The zero-order chi connectivity index (χ0) is 14.2. The summed E-state index contributed by atoms with van der Waals surface area (Å²) < 4.78 is 11.3. The predicted octanol–water partition coefficient (Wildman–Crippen LogP) is 4.10. The number of nitrogens with one attached hydrogen (secondary N) is 1. The number of rotatable bonds is 8. The minimum absolute atomic E-state index is 0.217. The molecule has 3 heteroatoms. The summed E-state index contributed by atoms with van der Waals surface area (Å²) in [7, 11) is 0. The molecular formula is C17H23NO2. The van der Waals surface area contributed by atoms with Crippen molar-refractivity contribution in [1.29, 1.82) is 0 Å². The van der Waals surface area contributed by atoms with Crippen LogP contribution in [0.5, 0.6) is 5.75 Å². The van der Waals surface area contributed by atoms with Crippen LogP contribution in [0.25, 0.3) is 0 Å². The first-order chi connectivity index (χ1) is 9.79. The molecule has 1 atom stereocenters. The van der Waals surface area contributed by atoms with E-state index in [2.05, 4.69) is 31.3 Å². The summed E-state index contributed by atoms with van der Waals surface area (Å²) in [4.78, 5) is 0. The van der Waals surface area contributed by atoms with E-state index in [9.17, 15) is 0 Å². The van der Waals surface area contributed by atoms with Crippen molar-refractivity contribution >= 4 is 0 Å². The first-order valence-electron chi connectivity index (χ1n) is 7.26. The molecule has 0 aliphatic rings. The van der Waals surface area contributed by atoms with E-state index < -0.39 is 0 Å². The van der Waals surface area contributed by atoms with Crippen molar-refractivity contribution in [2.75, 3.05) is 13.2 Å². The number of ether oxygens (including phenoxy) is 1. The number of hydrogen-bond donors (Lipinski definition) is 1. The van der Waals surface area contributed by atoms with Crippen LogP contribution in [0.4, 0.5) is 0 Å². The van der Waals surface area contributed by atoms with Crippen molar-refractivity contribution in [2.45, 2.75) is 32.7 Å². The Bertz CT molecular complexity index is 493. The molecule has 2 aromatic rings. The van der Waals surface area contributed by atoms with Gasteiger partial charge in [-0.2, -0.15) is 0 Å². The van der Waals surface area contributed by atoms with Gasteiger partial charge in [-0.1, -0.05) is 19.1 Å². The van der Waals surface area contributed by atoms with Gasteiger partial charge in [0, 0.05) is 6.42 Å². The van der Waals surface area contributed by atoms with Gasteiger partial charge in [0.25, 0.3) is 0 Å². The van der Waals surface area contributed by atoms with Crippen molar-refractivity contribution in [3.63, 3.8) is 0 Å². The van der Waals surface area contributed by atoms with Crippen LogP contribution in [-0.4, -0.2) is 13.2 Å². The Morgan fingerprint density at radius 2 is 2.15 bits per heavy atom. The highest BCUT2D eigenvalue weighted by atomic mass is 16.5. The Hall–Kier alpha value is -1.74. The molecular weight excluding hydrogens is 250 g/mol. The lowest BCUT2D eigenvalue weighted by Crippen LogP contribution is -2.23. The second kappa shape index (κ2) is 7.75. The summed E-state index contributed by atoms with van der Waals surface area (Å²) in [6.45, 7) is 5.89. The maximum absolute atomic E-state index is 5.81. The second-order valence-corrected chi connectivity index (χ2v) is 4.98. The average Bonchev–Trinajstić information content (AvgIpc) is 2.96. The van der Waals surface area contributed by atoms with Gasteiger partial charge in [0.05, 0.1) is 18.9 Å². The van der Waals surface area contributed by atoms with Crippen molar-refractivity contribution in [1.82, 2.24) is 5.32 Å². The fourth-order valence-electron chi connectivity index (χ4n) is 2.15. The lowest BCUT2D eigenvalue weighted by atomic mass is 10.1. The fourth-order valence-corrected chi connectivity index (χ4v) is 2.15. The molecule has 0 fully saturated rings. The second-order valence-electron chi connectivity index (χ2n) is 4.98. The van der Waals surface area contributed by atoms with Crippen LogP contribution in [0.2, 0.25) is 0 Å². The minimum Gasteiger partial charge on any atom is -0.494 e. The van der Waals surface area contributed by atoms with Gasteiger partial charge in [-0.25, -0.2) is 0 Å². The molecule has 0 amide bonds. The number of furan rings is 1. The van der Waals surface area contributed by atoms with Crippen molar-refractivity contribution in [3.05, 3.63) is 54.0 Å². The zero-order valence-corrected chi connectivity index (χ0v) is 12.3. The topological polar surface area (TPSA) is 34.4 Å². The summed E-state index contributed by atoms with van der Waals surface area (Å²) in [6, 6.07) is 12.3. The molecule has 0 saturated heterocycles. The van der Waals surface area contributed by atoms with Crippen LogP contribution in [-0.2, 0) is 0 Å². The summed E-state index contributed by atoms with van der Waals surface area (Å²) in [5.74, 6) is 1.91. The fraction of sp³-hybridized carbons (Fsp3) is 0.412. The Labute approximate surface area is 121 Å². The molecule has 0 radical (unpaired) electrons. The molecule has 1 unspecified atom stereocenters. The van der Waals surface area contributed by atoms with Gasteiger partial charge in [-0.05, 0) is 49.7 Å². The first kappa shape index (κ1) is 14.7. The third-order valence-corrected chi connectivity index (χ3v) is 3.19. The predicted molar refractivity (Wildman–Crippen MR) is 81.0 cm³/mol. The molecule has 1 heterocycles. The average molecular weight is 273 g/mol.